The number of nitrogens with one attached hydrogen (secondary N) is 2. The van der Waals surface area contributed by atoms with Gasteiger partial charge in [-0.05, 0) is 43.3 Å². The molecule has 0 aliphatic carbocycles. The van der Waals surface area contributed by atoms with E-state index in [1.54, 1.807) is 5.32 Å². The Bertz CT molecular complexity index is 825. The van der Waals surface area contributed by atoms with Gasteiger partial charge in [-0.1, -0.05) is 12.1 Å². The lowest BCUT2D eigenvalue weighted by molar-refractivity contribution is -0.317. The van der Waals surface area contributed by atoms with E-state index in [2.05, 4.69) is 5.32 Å². The number of urea groups is 1. The molecule has 0 fully saturated rings. The summed E-state index contributed by atoms with van der Waals surface area (Å²) < 4.78 is 50.2. The third-order valence-electron chi connectivity index (χ3n) is 3.56. The minimum atomic E-state index is -5.04. The molecule has 0 bridgehead atoms. The number of Topliss-reactive ketones (excluding diaryl/α,β-unsaturated/α-hetero) is 1. The summed E-state index contributed by atoms with van der Waals surface area (Å²) in [6.07, 6.45) is -5.04. The van der Waals surface area contributed by atoms with Crippen LogP contribution in [0.25, 0.3) is 0 Å². The number of benzene rings is 2. The van der Waals surface area contributed by atoms with E-state index in [9.17, 15) is 22.8 Å². The number of fused-ring (bicyclic) bond motifs is 1. The van der Waals surface area contributed by atoms with Crippen molar-refractivity contribution in [3.05, 3.63) is 54.1 Å². The van der Waals surface area contributed by atoms with Gasteiger partial charge in [0.05, 0.1) is 0 Å². The van der Waals surface area contributed by atoms with Gasteiger partial charge >= 0.3 is 18.1 Å². The average molecular weight is 366 g/mol. The molecule has 0 saturated heterocycles. The standard InChI is InChI=1S/C17H13F3N2O4/c1-10(23)11-6-8-12(9-7-11)21-15(24)22-17(16(18,19)20)25-13-4-2-3-5-14(13)26-17/h2-9H,1H3,(H2,21,22,24). The van der Waals surface area contributed by atoms with Gasteiger partial charge in [0.15, 0.2) is 17.3 Å². The van der Waals surface area contributed by atoms with Crippen LogP contribution in [0.3, 0.4) is 0 Å². The smallest absolute Gasteiger partial charge is 0.424 e. The van der Waals surface area contributed by atoms with Crippen LogP contribution < -0.4 is 20.1 Å². The molecular formula is C17H13F3N2O4. The van der Waals surface area contributed by atoms with Crippen LogP contribution in [0.2, 0.25) is 0 Å². The second-order valence-electron chi connectivity index (χ2n) is 5.48. The molecule has 1 heterocycles. The SMILES string of the molecule is CC(=O)c1ccc(NC(=O)NC2(C(F)(F)F)Oc3ccccc3O2)cc1. The molecule has 2 aromatic rings. The number of ketones is 1. The number of anilines is 1. The first-order chi connectivity index (χ1) is 12.2. The predicted molar refractivity (Wildman–Crippen MR) is 85.1 cm³/mol. The minimum absolute atomic E-state index is 0.143. The molecule has 2 N–H and O–H groups in total. The molecule has 6 nitrogen and oxygen atoms in total. The summed E-state index contributed by atoms with van der Waals surface area (Å²) in [6, 6.07) is 10.0. The first-order valence-corrected chi connectivity index (χ1v) is 7.44. The second-order valence-corrected chi connectivity index (χ2v) is 5.48. The molecule has 0 spiro atoms. The maximum atomic E-state index is 13.5. The first-order valence-electron chi connectivity index (χ1n) is 7.44. The van der Waals surface area contributed by atoms with Gasteiger partial charge in [0.25, 0.3) is 0 Å². The Morgan fingerprint density at radius 1 is 0.962 bits per heavy atom. The summed E-state index contributed by atoms with van der Waals surface area (Å²) in [6.45, 7) is 1.37. The quantitative estimate of drug-likeness (QED) is 0.812. The lowest BCUT2D eigenvalue weighted by atomic mass is 10.1. The number of hydrogen-bond donors (Lipinski definition) is 2. The number of alkyl halides is 3. The number of rotatable bonds is 3. The third-order valence-corrected chi connectivity index (χ3v) is 3.56. The average Bonchev–Trinajstić information content (AvgIpc) is 2.94. The normalized spacial score (nSPS) is 14.6. The molecule has 9 heteroatoms. The number of carbonyl (C=O) groups is 2. The molecule has 3 rings (SSSR count). The van der Waals surface area contributed by atoms with Gasteiger partial charge in [-0.3, -0.25) is 10.1 Å². The number of ether oxygens (including phenoxy) is 2. The van der Waals surface area contributed by atoms with Gasteiger partial charge in [-0.25, -0.2) is 4.79 Å². The van der Waals surface area contributed by atoms with Crippen molar-refractivity contribution < 1.29 is 32.2 Å². The van der Waals surface area contributed by atoms with Crippen LogP contribution in [-0.4, -0.2) is 23.9 Å². The van der Waals surface area contributed by atoms with Crippen LogP contribution in [0.15, 0.2) is 48.5 Å². The van der Waals surface area contributed by atoms with Gasteiger partial charge in [-0.15, -0.1) is 0 Å². The fourth-order valence-corrected chi connectivity index (χ4v) is 2.29. The van der Waals surface area contributed by atoms with Crippen molar-refractivity contribution >= 4 is 17.5 Å². The van der Waals surface area contributed by atoms with Crippen molar-refractivity contribution in [3.8, 4) is 11.5 Å². The number of halogens is 3. The highest BCUT2D eigenvalue weighted by molar-refractivity contribution is 5.95. The Labute approximate surface area is 145 Å². The van der Waals surface area contributed by atoms with Crippen molar-refractivity contribution in [3.63, 3.8) is 0 Å². The zero-order valence-electron chi connectivity index (χ0n) is 13.4. The van der Waals surface area contributed by atoms with Crippen LogP contribution in [0, 0.1) is 0 Å². The molecule has 0 unspecified atom stereocenters. The van der Waals surface area contributed by atoms with E-state index < -0.39 is 18.1 Å². The van der Waals surface area contributed by atoms with Crippen molar-refractivity contribution in [1.82, 2.24) is 5.32 Å². The molecule has 0 aromatic heterocycles. The van der Waals surface area contributed by atoms with Crippen LogP contribution in [-0.2, 0) is 0 Å². The zero-order chi connectivity index (χ0) is 18.9. The molecule has 0 atom stereocenters. The molecule has 0 saturated carbocycles. The number of hydrogen-bond acceptors (Lipinski definition) is 4. The highest BCUT2D eigenvalue weighted by Crippen LogP contribution is 2.44. The van der Waals surface area contributed by atoms with Crippen molar-refractivity contribution in [1.29, 1.82) is 0 Å². The Balaban J connectivity index is 1.76. The number of amides is 2. The molecule has 136 valence electrons. The van der Waals surface area contributed by atoms with E-state index in [-0.39, 0.29) is 23.0 Å². The largest absolute Gasteiger partial charge is 0.492 e. The highest BCUT2D eigenvalue weighted by atomic mass is 19.4. The van der Waals surface area contributed by atoms with Crippen LogP contribution in [0.5, 0.6) is 11.5 Å². The summed E-state index contributed by atoms with van der Waals surface area (Å²) in [4.78, 5) is 23.3. The molecule has 1 aliphatic rings. The van der Waals surface area contributed by atoms with Crippen LogP contribution >= 0.6 is 0 Å². The summed E-state index contributed by atoms with van der Waals surface area (Å²) in [5.41, 5.74) is 0.598. The summed E-state index contributed by atoms with van der Waals surface area (Å²) in [5.74, 6) is -3.80. The third kappa shape index (κ3) is 3.28. The van der Waals surface area contributed by atoms with Gasteiger partial charge in [-0.2, -0.15) is 13.2 Å². The van der Waals surface area contributed by atoms with Gasteiger partial charge < -0.3 is 14.8 Å². The second kappa shape index (κ2) is 6.25. The van der Waals surface area contributed by atoms with E-state index >= 15 is 0 Å². The Morgan fingerprint density at radius 2 is 1.50 bits per heavy atom. The molecule has 1 aliphatic heterocycles. The predicted octanol–water partition coefficient (Wildman–Crippen LogP) is 3.70. The first kappa shape index (κ1) is 17.6. The maximum Gasteiger partial charge on any atom is 0.492 e. The number of para-hydroxylation sites is 2. The molecule has 2 aromatic carbocycles. The Hall–Kier alpha value is -3.23. The van der Waals surface area contributed by atoms with Crippen LogP contribution in [0.1, 0.15) is 17.3 Å². The Morgan fingerprint density at radius 3 is 1.96 bits per heavy atom. The van der Waals surface area contributed by atoms with E-state index in [4.69, 9.17) is 9.47 Å². The van der Waals surface area contributed by atoms with Crippen LogP contribution in [0.4, 0.5) is 23.7 Å². The summed E-state index contributed by atoms with van der Waals surface area (Å²) >= 11 is 0. The fourth-order valence-electron chi connectivity index (χ4n) is 2.29. The minimum Gasteiger partial charge on any atom is -0.424 e. The maximum absolute atomic E-state index is 13.5. The van der Waals surface area contributed by atoms with Gasteiger partial charge in [0.2, 0.25) is 0 Å². The zero-order valence-corrected chi connectivity index (χ0v) is 13.4. The van der Waals surface area contributed by atoms with E-state index in [1.807, 2.05) is 0 Å². The Kier molecular flexibility index (Phi) is 4.23. The van der Waals surface area contributed by atoms with E-state index in [0.29, 0.717) is 5.56 Å². The van der Waals surface area contributed by atoms with Crippen molar-refractivity contribution in [2.45, 2.75) is 19.0 Å². The van der Waals surface area contributed by atoms with E-state index in [0.717, 1.165) is 0 Å². The van der Waals surface area contributed by atoms with Crippen molar-refractivity contribution in [2.75, 3.05) is 5.32 Å². The fraction of sp³-hybridized carbons (Fsp3) is 0.176. The lowest BCUT2D eigenvalue weighted by Crippen LogP contribution is -2.65. The molecule has 2 amide bonds. The van der Waals surface area contributed by atoms with Gasteiger partial charge in [0.1, 0.15) is 0 Å². The summed E-state index contributed by atoms with van der Waals surface area (Å²) in [5, 5.41) is 3.92. The monoisotopic (exact) mass is 366 g/mol. The van der Waals surface area contributed by atoms with E-state index in [1.165, 1.54) is 55.5 Å². The molecule has 26 heavy (non-hydrogen) atoms. The lowest BCUT2D eigenvalue weighted by Gasteiger charge is -2.29. The van der Waals surface area contributed by atoms with Gasteiger partial charge in [0, 0.05) is 11.3 Å². The molecule has 0 radical (unpaired) electrons. The number of carbonyl (C=O) groups excluding carboxylic acids is 2. The summed E-state index contributed by atoms with van der Waals surface area (Å²) in [7, 11) is 0. The highest BCUT2D eigenvalue weighted by Gasteiger charge is 2.65. The molecular weight excluding hydrogens is 353 g/mol. The van der Waals surface area contributed by atoms with Crippen molar-refractivity contribution in [2.24, 2.45) is 0 Å². The topological polar surface area (TPSA) is 76.7 Å².